The predicted molar refractivity (Wildman–Crippen MR) is 87.6 cm³/mol. The van der Waals surface area contributed by atoms with E-state index in [0.29, 0.717) is 17.9 Å². The van der Waals surface area contributed by atoms with Gasteiger partial charge in [0, 0.05) is 11.1 Å². The highest BCUT2D eigenvalue weighted by molar-refractivity contribution is 6.05. The molecule has 0 spiro atoms. The topological polar surface area (TPSA) is 75.3 Å². The fourth-order valence-corrected chi connectivity index (χ4v) is 2.25. The summed E-state index contributed by atoms with van der Waals surface area (Å²) in [4.78, 5) is 12.4. The van der Waals surface area contributed by atoms with E-state index in [1.54, 1.807) is 36.4 Å². The van der Waals surface area contributed by atoms with Gasteiger partial charge in [0.1, 0.15) is 16.9 Å². The Morgan fingerprint density at radius 2 is 1.91 bits per heavy atom. The minimum Gasteiger partial charge on any atom is -0.494 e. The lowest BCUT2D eigenvalue weighted by atomic mass is 10.1. The molecule has 0 saturated carbocycles. The Morgan fingerprint density at radius 1 is 1.17 bits per heavy atom. The van der Waals surface area contributed by atoms with Gasteiger partial charge in [-0.15, -0.1) is 0 Å². The van der Waals surface area contributed by atoms with Crippen molar-refractivity contribution in [3.05, 3.63) is 65.7 Å². The smallest absolute Gasteiger partial charge is 0.261 e. The van der Waals surface area contributed by atoms with Crippen molar-refractivity contribution in [3.8, 4) is 5.75 Å². The second kappa shape index (κ2) is 6.36. The van der Waals surface area contributed by atoms with E-state index < -0.39 is 0 Å². The van der Waals surface area contributed by atoms with Crippen molar-refractivity contribution in [1.82, 2.24) is 0 Å². The van der Waals surface area contributed by atoms with Crippen LogP contribution in [-0.2, 0) is 0 Å². The van der Waals surface area contributed by atoms with Crippen molar-refractivity contribution in [2.24, 2.45) is 0 Å². The molecule has 2 N–H and O–H groups in total. The van der Waals surface area contributed by atoms with Crippen LogP contribution in [0.4, 0.5) is 5.69 Å². The molecule has 0 fully saturated rings. The SMILES string of the molecule is CCOc1ccc(NC(=O)c2cc3ccccc3oc2=N)cc1. The zero-order valence-corrected chi connectivity index (χ0v) is 12.6. The van der Waals surface area contributed by atoms with Crippen molar-refractivity contribution in [2.75, 3.05) is 11.9 Å². The molecular formula is C18H16N2O3. The van der Waals surface area contributed by atoms with Gasteiger partial charge in [0.05, 0.1) is 6.61 Å². The van der Waals surface area contributed by atoms with Crippen LogP contribution in [0.15, 0.2) is 59.0 Å². The van der Waals surface area contributed by atoms with Gasteiger partial charge >= 0.3 is 0 Å². The first-order chi connectivity index (χ1) is 11.2. The largest absolute Gasteiger partial charge is 0.494 e. The Hall–Kier alpha value is -3.08. The molecule has 0 saturated heterocycles. The number of fused-ring (bicyclic) bond motifs is 1. The number of hydrogen-bond donors (Lipinski definition) is 2. The summed E-state index contributed by atoms with van der Waals surface area (Å²) >= 11 is 0. The molecule has 3 rings (SSSR count). The third-order valence-electron chi connectivity index (χ3n) is 3.34. The van der Waals surface area contributed by atoms with Crippen LogP contribution in [0, 0.1) is 5.41 Å². The van der Waals surface area contributed by atoms with Crippen molar-refractivity contribution in [2.45, 2.75) is 6.92 Å². The third-order valence-corrected chi connectivity index (χ3v) is 3.34. The first-order valence-electron chi connectivity index (χ1n) is 7.29. The standard InChI is InChI=1S/C18H16N2O3/c1-2-22-14-9-7-13(8-10-14)20-18(21)15-11-12-5-3-4-6-16(12)23-17(15)19/h3-11,19H,2H2,1H3,(H,20,21). The Balaban J connectivity index is 1.85. The van der Waals surface area contributed by atoms with Crippen LogP contribution in [0.2, 0.25) is 0 Å². The van der Waals surface area contributed by atoms with E-state index in [-0.39, 0.29) is 17.0 Å². The predicted octanol–water partition coefficient (Wildman–Crippen LogP) is 3.56. The number of carbonyl (C=O) groups excluding carboxylic acids is 1. The maximum atomic E-state index is 12.4. The lowest BCUT2D eigenvalue weighted by molar-refractivity contribution is 0.102. The van der Waals surface area contributed by atoms with Gasteiger partial charge in [-0.1, -0.05) is 18.2 Å². The summed E-state index contributed by atoms with van der Waals surface area (Å²) in [5, 5.41) is 11.4. The zero-order chi connectivity index (χ0) is 16.2. The van der Waals surface area contributed by atoms with Gasteiger partial charge in [0.25, 0.3) is 5.91 Å². The number of carbonyl (C=O) groups is 1. The second-order valence-corrected chi connectivity index (χ2v) is 4.94. The first-order valence-corrected chi connectivity index (χ1v) is 7.29. The summed E-state index contributed by atoms with van der Waals surface area (Å²) in [5.41, 5.74) is 1.24. The minimum atomic E-state index is -0.381. The molecule has 0 aliphatic heterocycles. The molecule has 0 atom stereocenters. The van der Waals surface area contributed by atoms with Crippen molar-refractivity contribution >= 4 is 22.6 Å². The lowest BCUT2D eigenvalue weighted by Crippen LogP contribution is -2.20. The summed E-state index contributed by atoms with van der Waals surface area (Å²) < 4.78 is 10.7. The molecule has 1 amide bonds. The van der Waals surface area contributed by atoms with Crippen LogP contribution in [0.5, 0.6) is 5.75 Å². The molecule has 1 aromatic heterocycles. The Kier molecular flexibility index (Phi) is 4.10. The number of hydrogen-bond acceptors (Lipinski definition) is 4. The molecule has 23 heavy (non-hydrogen) atoms. The maximum Gasteiger partial charge on any atom is 0.261 e. The number of anilines is 1. The number of para-hydroxylation sites is 1. The summed E-state index contributed by atoms with van der Waals surface area (Å²) in [7, 11) is 0. The molecule has 0 bridgehead atoms. The number of amides is 1. The highest BCUT2D eigenvalue weighted by Crippen LogP contribution is 2.17. The van der Waals surface area contributed by atoms with Crippen LogP contribution in [0.25, 0.3) is 11.0 Å². The minimum absolute atomic E-state index is 0.160. The van der Waals surface area contributed by atoms with Crippen molar-refractivity contribution in [1.29, 1.82) is 5.41 Å². The number of benzene rings is 2. The Morgan fingerprint density at radius 3 is 2.65 bits per heavy atom. The van der Waals surface area contributed by atoms with Crippen molar-refractivity contribution in [3.63, 3.8) is 0 Å². The second-order valence-electron chi connectivity index (χ2n) is 4.94. The summed E-state index contributed by atoms with van der Waals surface area (Å²) in [5.74, 6) is 0.362. The van der Waals surface area contributed by atoms with E-state index in [1.165, 1.54) is 0 Å². The van der Waals surface area contributed by atoms with Gasteiger partial charge in [-0.3, -0.25) is 10.2 Å². The molecule has 3 aromatic rings. The number of ether oxygens (including phenoxy) is 1. The van der Waals surface area contributed by atoms with Gasteiger partial charge in [-0.05, 0) is 43.3 Å². The molecule has 116 valence electrons. The molecule has 0 unspecified atom stereocenters. The molecule has 0 aliphatic carbocycles. The fraction of sp³-hybridized carbons (Fsp3) is 0.111. The fourth-order valence-electron chi connectivity index (χ4n) is 2.25. The maximum absolute atomic E-state index is 12.4. The molecule has 5 nitrogen and oxygen atoms in total. The quantitative estimate of drug-likeness (QED) is 0.773. The normalized spacial score (nSPS) is 10.5. The van der Waals surface area contributed by atoms with E-state index >= 15 is 0 Å². The van der Waals surface area contributed by atoms with E-state index in [1.807, 2.05) is 25.1 Å². The molecule has 5 heteroatoms. The van der Waals surface area contributed by atoms with Crippen LogP contribution in [0.1, 0.15) is 17.3 Å². The zero-order valence-electron chi connectivity index (χ0n) is 12.6. The first kappa shape index (κ1) is 14.8. The number of rotatable bonds is 4. The van der Waals surface area contributed by atoms with Gasteiger partial charge in [0.15, 0.2) is 0 Å². The van der Waals surface area contributed by atoms with Crippen LogP contribution < -0.4 is 15.6 Å². The van der Waals surface area contributed by atoms with Gasteiger partial charge < -0.3 is 14.5 Å². The van der Waals surface area contributed by atoms with E-state index in [9.17, 15) is 4.79 Å². The van der Waals surface area contributed by atoms with Gasteiger partial charge in [-0.25, -0.2) is 0 Å². The average Bonchev–Trinajstić information content (AvgIpc) is 2.56. The van der Waals surface area contributed by atoms with E-state index in [2.05, 4.69) is 5.32 Å². The van der Waals surface area contributed by atoms with Crippen LogP contribution in [0.3, 0.4) is 0 Å². The molecule has 2 aromatic carbocycles. The van der Waals surface area contributed by atoms with E-state index in [0.717, 1.165) is 11.1 Å². The molecule has 1 heterocycles. The molecular weight excluding hydrogens is 292 g/mol. The van der Waals surface area contributed by atoms with Crippen LogP contribution >= 0.6 is 0 Å². The Bertz CT molecular complexity index is 898. The average molecular weight is 308 g/mol. The monoisotopic (exact) mass is 308 g/mol. The molecule has 0 aliphatic rings. The highest BCUT2D eigenvalue weighted by atomic mass is 16.5. The number of nitrogens with one attached hydrogen (secondary N) is 2. The Labute approximate surface area is 133 Å². The van der Waals surface area contributed by atoms with E-state index in [4.69, 9.17) is 14.6 Å². The highest BCUT2D eigenvalue weighted by Gasteiger charge is 2.11. The molecule has 0 radical (unpaired) electrons. The van der Waals surface area contributed by atoms with Gasteiger partial charge in [0.2, 0.25) is 5.55 Å². The summed E-state index contributed by atoms with van der Waals surface area (Å²) in [6.45, 7) is 2.50. The summed E-state index contributed by atoms with van der Waals surface area (Å²) in [6.07, 6.45) is 0. The van der Waals surface area contributed by atoms with Gasteiger partial charge in [-0.2, -0.15) is 0 Å². The lowest BCUT2D eigenvalue weighted by Gasteiger charge is -2.07. The van der Waals surface area contributed by atoms with Crippen LogP contribution in [-0.4, -0.2) is 12.5 Å². The summed E-state index contributed by atoms with van der Waals surface area (Å²) in [6, 6.07) is 16.0. The third kappa shape index (κ3) is 3.23. The van der Waals surface area contributed by atoms with Crippen molar-refractivity contribution < 1.29 is 13.9 Å².